The van der Waals surface area contributed by atoms with Gasteiger partial charge in [0.05, 0.1) is 13.2 Å². The first-order valence-electron chi connectivity index (χ1n) is 11.9. The fourth-order valence-electron chi connectivity index (χ4n) is 4.05. The number of benzene rings is 1. The van der Waals surface area contributed by atoms with Crippen molar-refractivity contribution in [2.45, 2.75) is 44.9 Å². The third-order valence-corrected chi connectivity index (χ3v) is 5.95. The minimum absolute atomic E-state index is 0.0449. The molecule has 1 unspecified atom stereocenters. The van der Waals surface area contributed by atoms with Gasteiger partial charge in [-0.05, 0) is 36.6 Å². The summed E-state index contributed by atoms with van der Waals surface area (Å²) in [6.45, 7) is 3.82. The summed E-state index contributed by atoms with van der Waals surface area (Å²) in [6, 6.07) is 8.17. The number of fused-ring (bicyclic) bond motifs is 1. The van der Waals surface area contributed by atoms with Gasteiger partial charge in [0.25, 0.3) is 11.8 Å². The number of hydrogen-bond donors (Lipinski definition) is 6. The van der Waals surface area contributed by atoms with Crippen LogP contribution in [-0.4, -0.2) is 70.2 Å². The van der Waals surface area contributed by atoms with Crippen LogP contribution < -0.4 is 20.7 Å². The molecular formula is C26H33N5O6. The van der Waals surface area contributed by atoms with Gasteiger partial charge in [-0.2, -0.15) is 0 Å². The fraction of sp³-hybridized carbons (Fsp3) is 0.385. The number of H-pyrrole nitrogens is 1. The minimum Gasteiger partial charge on any atom is -0.496 e. The SMILES string of the molecule is CNC(=O)C(O)[C@H](Cc1cccnc1O)NC(=O)[C@H](CC(C)C)NC(=O)c1cc2c(OC)cccc2[nH]1. The molecule has 0 aliphatic carbocycles. The third-order valence-electron chi connectivity index (χ3n) is 5.95. The average molecular weight is 512 g/mol. The number of carbonyl (C=O) groups excluding carboxylic acids is 3. The van der Waals surface area contributed by atoms with Crippen LogP contribution in [0, 0.1) is 5.92 Å². The number of methoxy groups -OCH3 is 1. The number of aliphatic hydroxyl groups excluding tert-OH is 1. The highest BCUT2D eigenvalue weighted by Gasteiger charge is 2.31. The van der Waals surface area contributed by atoms with Crippen LogP contribution in [-0.2, 0) is 16.0 Å². The second-order valence-electron chi connectivity index (χ2n) is 9.12. The molecule has 0 aliphatic rings. The number of likely N-dealkylation sites (N-methyl/N-ethyl adjacent to an activating group) is 1. The minimum atomic E-state index is -1.61. The van der Waals surface area contributed by atoms with Crippen LogP contribution in [0.3, 0.4) is 0 Å². The first-order valence-corrected chi connectivity index (χ1v) is 11.9. The Balaban J connectivity index is 1.83. The van der Waals surface area contributed by atoms with Crippen LogP contribution in [0.2, 0.25) is 0 Å². The van der Waals surface area contributed by atoms with E-state index in [-0.39, 0.29) is 23.9 Å². The molecule has 198 valence electrons. The average Bonchev–Trinajstić information content (AvgIpc) is 3.32. The van der Waals surface area contributed by atoms with Gasteiger partial charge in [0, 0.05) is 36.1 Å². The number of amides is 3. The first-order chi connectivity index (χ1) is 17.6. The van der Waals surface area contributed by atoms with Crippen molar-refractivity contribution in [2.75, 3.05) is 14.2 Å². The van der Waals surface area contributed by atoms with Gasteiger partial charge in [-0.25, -0.2) is 4.98 Å². The van der Waals surface area contributed by atoms with Crippen LogP contribution >= 0.6 is 0 Å². The Labute approximate surface area is 214 Å². The molecule has 0 saturated carbocycles. The molecule has 0 bridgehead atoms. The predicted octanol–water partition coefficient (Wildman–Crippen LogP) is 1.26. The number of pyridine rings is 1. The van der Waals surface area contributed by atoms with Crippen LogP contribution in [0.4, 0.5) is 0 Å². The number of carbonyl (C=O) groups is 3. The molecule has 3 amide bonds. The highest BCUT2D eigenvalue weighted by atomic mass is 16.5. The van der Waals surface area contributed by atoms with Gasteiger partial charge in [0.2, 0.25) is 11.8 Å². The van der Waals surface area contributed by atoms with Crippen molar-refractivity contribution < 1.29 is 29.3 Å². The topological polar surface area (TPSA) is 166 Å². The molecule has 0 aliphatic heterocycles. The maximum absolute atomic E-state index is 13.3. The molecule has 0 radical (unpaired) electrons. The van der Waals surface area contributed by atoms with E-state index in [1.165, 1.54) is 13.2 Å². The Bertz CT molecular complexity index is 1260. The number of hydrogen-bond acceptors (Lipinski definition) is 7. The quantitative estimate of drug-likeness (QED) is 0.225. The van der Waals surface area contributed by atoms with E-state index in [0.29, 0.717) is 23.3 Å². The Kier molecular flexibility index (Phi) is 9.07. The number of aromatic nitrogens is 2. The zero-order valence-electron chi connectivity index (χ0n) is 21.2. The summed E-state index contributed by atoms with van der Waals surface area (Å²) in [5.41, 5.74) is 1.30. The van der Waals surface area contributed by atoms with Gasteiger partial charge in [-0.1, -0.05) is 26.0 Å². The molecule has 6 N–H and O–H groups in total. The Morgan fingerprint density at radius 3 is 2.51 bits per heavy atom. The molecule has 0 saturated heterocycles. The molecule has 3 atom stereocenters. The summed E-state index contributed by atoms with van der Waals surface area (Å²) >= 11 is 0. The van der Waals surface area contributed by atoms with E-state index < -0.39 is 35.9 Å². The van der Waals surface area contributed by atoms with E-state index in [2.05, 4.69) is 25.9 Å². The largest absolute Gasteiger partial charge is 0.496 e. The molecular weight excluding hydrogens is 478 g/mol. The van der Waals surface area contributed by atoms with Crippen molar-refractivity contribution in [2.24, 2.45) is 5.92 Å². The van der Waals surface area contributed by atoms with Crippen LogP contribution in [0.1, 0.15) is 36.3 Å². The Hall–Kier alpha value is -4.12. The number of nitrogens with zero attached hydrogens (tertiary/aromatic N) is 1. The monoisotopic (exact) mass is 511 g/mol. The number of ether oxygens (including phenoxy) is 1. The van der Waals surface area contributed by atoms with Crippen LogP contribution in [0.15, 0.2) is 42.6 Å². The predicted molar refractivity (Wildman–Crippen MR) is 137 cm³/mol. The smallest absolute Gasteiger partial charge is 0.268 e. The summed E-state index contributed by atoms with van der Waals surface area (Å²) in [6.07, 6.45) is 0.0341. The molecule has 11 heteroatoms. The van der Waals surface area contributed by atoms with Gasteiger partial charge in [-0.15, -0.1) is 0 Å². The lowest BCUT2D eigenvalue weighted by atomic mass is 9.98. The molecule has 37 heavy (non-hydrogen) atoms. The van der Waals surface area contributed by atoms with E-state index in [4.69, 9.17) is 4.74 Å². The van der Waals surface area contributed by atoms with Gasteiger partial charge in [0.1, 0.15) is 17.5 Å². The van der Waals surface area contributed by atoms with E-state index >= 15 is 0 Å². The van der Waals surface area contributed by atoms with Crippen molar-refractivity contribution in [3.8, 4) is 11.6 Å². The van der Waals surface area contributed by atoms with Crippen molar-refractivity contribution >= 4 is 28.6 Å². The lowest BCUT2D eigenvalue weighted by Gasteiger charge is -2.27. The molecule has 0 fully saturated rings. The highest BCUT2D eigenvalue weighted by Crippen LogP contribution is 2.26. The Morgan fingerprint density at radius 2 is 1.86 bits per heavy atom. The van der Waals surface area contributed by atoms with Crippen LogP contribution in [0.25, 0.3) is 10.9 Å². The fourth-order valence-corrected chi connectivity index (χ4v) is 4.05. The molecule has 3 rings (SSSR count). The second kappa shape index (κ2) is 12.2. The summed E-state index contributed by atoms with van der Waals surface area (Å²) in [5, 5.41) is 29.2. The number of nitrogens with one attached hydrogen (secondary N) is 4. The maximum Gasteiger partial charge on any atom is 0.268 e. The number of rotatable bonds is 11. The highest BCUT2D eigenvalue weighted by molar-refractivity contribution is 6.01. The number of aromatic amines is 1. The maximum atomic E-state index is 13.3. The molecule has 2 aromatic heterocycles. The normalized spacial score (nSPS) is 13.6. The summed E-state index contributed by atoms with van der Waals surface area (Å²) < 4.78 is 5.35. The molecule has 1 aromatic carbocycles. The standard InChI is InChI=1S/C26H33N5O6/c1-14(2)11-19(31-25(35)20-13-16-17(29-20)8-5-9-21(16)37-4)24(34)30-18(22(32)26(36)27-3)12-15-7-6-10-28-23(15)33/h5-10,13-14,18-19,22,29,32H,11-12H2,1-4H3,(H,27,36)(H,28,33)(H,30,34)(H,31,35)/t18-,19-,22?/m0/s1. The molecule has 11 nitrogen and oxygen atoms in total. The van der Waals surface area contributed by atoms with Crippen molar-refractivity contribution in [1.29, 1.82) is 0 Å². The van der Waals surface area contributed by atoms with E-state index in [1.807, 2.05) is 19.9 Å². The second-order valence-corrected chi connectivity index (χ2v) is 9.12. The summed E-state index contributed by atoms with van der Waals surface area (Å²) in [7, 11) is 2.91. The molecule has 2 heterocycles. The van der Waals surface area contributed by atoms with Gasteiger partial charge >= 0.3 is 0 Å². The lowest BCUT2D eigenvalue weighted by Crippen LogP contribution is -2.56. The number of aromatic hydroxyl groups is 1. The summed E-state index contributed by atoms with van der Waals surface area (Å²) in [4.78, 5) is 45.5. The van der Waals surface area contributed by atoms with Gasteiger partial charge in [-0.3, -0.25) is 14.4 Å². The van der Waals surface area contributed by atoms with Gasteiger partial charge in [0.15, 0.2) is 6.10 Å². The van der Waals surface area contributed by atoms with E-state index in [0.717, 1.165) is 5.39 Å². The zero-order valence-corrected chi connectivity index (χ0v) is 21.2. The van der Waals surface area contributed by atoms with Crippen LogP contribution in [0.5, 0.6) is 11.6 Å². The summed E-state index contributed by atoms with van der Waals surface area (Å²) in [5.74, 6) is -1.39. The molecule has 0 spiro atoms. The lowest BCUT2D eigenvalue weighted by molar-refractivity contribution is -0.132. The first kappa shape index (κ1) is 27.5. The molecule has 3 aromatic rings. The van der Waals surface area contributed by atoms with Crippen molar-refractivity contribution in [3.05, 3.63) is 53.9 Å². The number of aliphatic hydroxyl groups is 1. The van der Waals surface area contributed by atoms with Crippen molar-refractivity contribution in [3.63, 3.8) is 0 Å². The van der Waals surface area contributed by atoms with E-state index in [9.17, 15) is 24.6 Å². The van der Waals surface area contributed by atoms with Crippen molar-refractivity contribution in [1.82, 2.24) is 25.9 Å². The Morgan fingerprint density at radius 1 is 1.11 bits per heavy atom. The zero-order chi connectivity index (χ0) is 27.1. The third kappa shape index (κ3) is 6.76. The van der Waals surface area contributed by atoms with Gasteiger partial charge < -0.3 is 35.9 Å². The van der Waals surface area contributed by atoms with E-state index in [1.54, 1.807) is 37.4 Å².